The van der Waals surface area contributed by atoms with Crippen LogP contribution in [-0.2, 0) is 10.8 Å². The minimum Gasteiger partial charge on any atom is -0.457 e. The molecule has 0 atom stereocenters. The lowest BCUT2D eigenvalue weighted by atomic mass is 9.71. The number of carbonyl (C=O) groups is 6. The van der Waals surface area contributed by atoms with E-state index < -0.39 is 85.7 Å². The second-order valence-corrected chi connectivity index (χ2v) is 22.0. The van der Waals surface area contributed by atoms with E-state index in [0.717, 1.165) is 35.4 Å². The van der Waals surface area contributed by atoms with Crippen molar-refractivity contribution in [3.63, 3.8) is 0 Å². The number of halogens is 6. The molecular weight excluding hydrogens is 1030 g/mol. The van der Waals surface area contributed by atoms with Crippen molar-refractivity contribution in [1.82, 2.24) is 9.80 Å². The number of carbonyl (C=O) groups excluding carboxylic acids is 6. The molecule has 0 aromatic heterocycles. The van der Waals surface area contributed by atoms with Gasteiger partial charge in [0.1, 0.15) is 23.0 Å². The molecule has 9 rings (SSSR count). The monoisotopic (exact) mass is 1080 g/mol. The maximum Gasteiger partial charge on any atom is 0.411 e. The highest BCUT2D eigenvalue weighted by Gasteiger charge is 2.73. The Balaban J connectivity index is 0.904. The number of hydrogen-bond acceptors (Lipinski definition) is 8. The van der Waals surface area contributed by atoms with Gasteiger partial charge in [0.05, 0.1) is 39.1 Å². The fourth-order valence-corrected chi connectivity index (χ4v) is 10.3. The average Bonchev–Trinajstić information content (AvgIpc) is 4.02. The Bertz CT molecular complexity index is 3600. The molecule has 0 spiro atoms. The van der Waals surface area contributed by atoms with E-state index in [4.69, 9.17) is 9.47 Å². The number of unbranched alkanes of at least 4 members (excludes halogenated alkanes) is 1. The molecule has 0 fully saturated rings. The van der Waals surface area contributed by atoms with Gasteiger partial charge in [-0.1, -0.05) is 69.0 Å². The number of ether oxygens (including phenoxy) is 2. The molecule has 6 aromatic carbocycles. The van der Waals surface area contributed by atoms with Crippen molar-refractivity contribution in [2.45, 2.75) is 115 Å². The summed E-state index contributed by atoms with van der Waals surface area (Å²) in [7, 11) is 0. The van der Waals surface area contributed by atoms with E-state index in [1.165, 1.54) is 49.9 Å². The molecular formula is C62H53F6N3O8. The van der Waals surface area contributed by atoms with Gasteiger partial charge in [-0.2, -0.15) is 26.3 Å². The first-order chi connectivity index (χ1) is 37.0. The highest BCUT2D eigenvalue weighted by Crippen LogP contribution is 2.57. The van der Waals surface area contributed by atoms with E-state index in [1.54, 1.807) is 48.5 Å². The molecule has 0 aliphatic carbocycles. The molecule has 0 N–H and O–H groups in total. The molecule has 17 heteroatoms. The van der Waals surface area contributed by atoms with Gasteiger partial charge in [0, 0.05) is 35.2 Å². The van der Waals surface area contributed by atoms with Gasteiger partial charge in [-0.25, -0.2) is 4.90 Å². The SMILES string of the molecule is CCCC#Cc1ccc2c(c1)C(=O)N(C(C)(C)CCC(C)(C)c1cccc(Oc3cccc(Oc4cccc(N5C(=O)c6ccc(C(c7ccc8c(c7)C(=O)N(C(C)(C)C)C8=O)(C(F)(F)F)C(F)(F)F)cc6C5=O)c4)c3)c1)C2=O. The zero-order valence-corrected chi connectivity index (χ0v) is 44.3. The lowest BCUT2D eigenvalue weighted by Gasteiger charge is -2.38. The van der Waals surface area contributed by atoms with Crippen LogP contribution in [-0.4, -0.2) is 68.7 Å². The lowest BCUT2D eigenvalue weighted by molar-refractivity contribution is -0.288. The molecule has 3 heterocycles. The van der Waals surface area contributed by atoms with Gasteiger partial charge in [-0.3, -0.25) is 38.6 Å². The van der Waals surface area contributed by atoms with Crippen molar-refractivity contribution < 1.29 is 64.6 Å². The maximum absolute atomic E-state index is 15.4. The summed E-state index contributed by atoms with van der Waals surface area (Å²) in [6, 6.07) is 28.0. The summed E-state index contributed by atoms with van der Waals surface area (Å²) in [6.45, 7) is 14.4. The number of rotatable bonds is 13. The first-order valence-electron chi connectivity index (χ1n) is 25.4. The fourth-order valence-electron chi connectivity index (χ4n) is 10.3. The number of nitrogens with zero attached hydrogens (tertiary/aromatic N) is 3. The van der Waals surface area contributed by atoms with Gasteiger partial charge in [0.15, 0.2) is 0 Å². The minimum absolute atomic E-state index is 0.101. The van der Waals surface area contributed by atoms with Crippen LogP contribution >= 0.6 is 0 Å². The van der Waals surface area contributed by atoms with Gasteiger partial charge in [-0.15, -0.1) is 0 Å². The molecule has 0 radical (unpaired) electrons. The van der Waals surface area contributed by atoms with Crippen molar-refractivity contribution in [1.29, 1.82) is 0 Å². The van der Waals surface area contributed by atoms with Crippen molar-refractivity contribution in [2.75, 3.05) is 4.90 Å². The minimum atomic E-state index is -6.13. The number of amides is 6. The third-order valence-corrected chi connectivity index (χ3v) is 14.6. The topological polar surface area (TPSA) is 131 Å². The van der Waals surface area contributed by atoms with Gasteiger partial charge < -0.3 is 9.47 Å². The third-order valence-electron chi connectivity index (χ3n) is 14.6. The molecule has 0 saturated heterocycles. The average molecular weight is 1080 g/mol. The Morgan fingerprint density at radius 3 is 1.48 bits per heavy atom. The summed E-state index contributed by atoms with van der Waals surface area (Å²) in [4.78, 5) is 84.5. The van der Waals surface area contributed by atoms with Gasteiger partial charge in [-0.05, 0) is 155 Å². The number of hydrogen-bond donors (Lipinski definition) is 0. The van der Waals surface area contributed by atoms with Crippen LogP contribution in [0.2, 0.25) is 0 Å². The predicted octanol–water partition coefficient (Wildman–Crippen LogP) is 14.2. The smallest absolute Gasteiger partial charge is 0.411 e. The van der Waals surface area contributed by atoms with Crippen molar-refractivity contribution >= 4 is 41.1 Å². The maximum atomic E-state index is 15.4. The fraction of sp³-hybridized carbons (Fsp3) is 0.290. The van der Waals surface area contributed by atoms with Crippen LogP contribution in [0.5, 0.6) is 23.0 Å². The highest BCUT2D eigenvalue weighted by molar-refractivity contribution is 6.34. The van der Waals surface area contributed by atoms with Crippen LogP contribution in [0, 0.1) is 11.8 Å². The summed E-state index contributed by atoms with van der Waals surface area (Å²) in [5.74, 6) is 2.49. The van der Waals surface area contributed by atoms with Crippen molar-refractivity contribution in [2.24, 2.45) is 0 Å². The van der Waals surface area contributed by atoms with Gasteiger partial charge >= 0.3 is 12.4 Å². The zero-order chi connectivity index (χ0) is 57.4. The predicted molar refractivity (Wildman–Crippen MR) is 282 cm³/mol. The Kier molecular flexibility index (Phi) is 13.8. The van der Waals surface area contributed by atoms with Crippen molar-refractivity contribution in [3.8, 4) is 34.8 Å². The Morgan fingerprint density at radius 1 is 0.456 bits per heavy atom. The van der Waals surface area contributed by atoms with Crippen LogP contribution in [0.25, 0.3) is 0 Å². The van der Waals surface area contributed by atoms with Crippen LogP contribution in [0.3, 0.4) is 0 Å². The first-order valence-corrected chi connectivity index (χ1v) is 25.4. The van der Waals surface area contributed by atoms with E-state index in [-0.39, 0.29) is 34.6 Å². The van der Waals surface area contributed by atoms with Crippen LogP contribution in [0.4, 0.5) is 32.0 Å². The first kappa shape index (κ1) is 55.2. The van der Waals surface area contributed by atoms with E-state index >= 15 is 26.3 Å². The van der Waals surface area contributed by atoms with Crippen molar-refractivity contribution in [3.05, 3.63) is 183 Å². The number of benzene rings is 6. The summed E-state index contributed by atoms with van der Waals surface area (Å²) >= 11 is 0. The molecule has 6 amide bonds. The third kappa shape index (κ3) is 9.71. The van der Waals surface area contributed by atoms with E-state index in [2.05, 4.69) is 25.7 Å². The Hall–Kier alpha value is -8.52. The molecule has 0 saturated carbocycles. The van der Waals surface area contributed by atoms with Crippen LogP contribution in [0.1, 0.15) is 165 Å². The zero-order valence-electron chi connectivity index (χ0n) is 44.3. The van der Waals surface area contributed by atoms with E-state index in [9.17, 15) is 28.8 Å². The van der Waals surface area contributed by atoms with Crippen LogP contribution < -0.4 is 14.4 Å². The highest BCUT2D eigenvalue weighted by atomic mass is 19.4. The summed E-state index contributed by atoms with van der Waals surface area (Å²) in [6.07, 6.45) is -9.55. The molecule has 406 valence electrons. The molecule has 79 heavy (non-hydrogen) atoms. The molecule has 11 nitrogen and oxygen atoms in total. The standard InChI is InChI=1S/C62H53F6N3O8/c1-9-10-11-15-36-22-25-46-48(30-36)56(77)71(54(46)75)59(7,8)29-28-58(5,6)37-16-12-18-41(31-37)78-43-20-14-21-44(35-43)79-42-19-13-17-40(34-42)69-51(72)45-26-23-38(32-49(45)52(69)73)60(61(63,64)65,62(66,67)68)39-24-27-47-50(33-39)55(76)70(53(47)74)57(2,3)4/h12-14,16-27,30-35H,9-10,28-29H2,1-8H3. The van der Waals surface area contributed by atoms with Gasteiger partial charge in [0.25, 0.3) is 35.4 Å². The number of anilines is 1. The number of imide groups is 3. The molecule has 0 bridgehead atoms. The Labute approximate surface area is 452 Å². The summed E-state index contributed by atoms with van der Waals surface area (Å²) < 4.78 is 105. The normalized spacial score (nSPS) is 14.9. The van der Waals surface area contributed by atoms with Gasteiger partial charge in [0.2, 0.25) is 5.41 Å². The molecule has 3 aliphatic heterocycles. The summed E-state index contributed by atoms with van der Waals surface area (Å²) in [5.41, 5.74) is -10.1. The molecule has 0 unspecified atom stereocenters. The number of alkyl halides is 6. The largest absolute Gasteiger partial charge is 0.457 e. The molecule has 6 aromatic rings. The van der Waals surface area contributed by atoms with E-state index in [0.29, 0.717) is 70.2 Å². The molecule has 3 aliphatic rings. The number of fused-ring (bicyclic) bond motifs is 3. The quantitative estimate of drug-likeness (QED) is 0.0635. The summed E-state index contributed by atoms with van der Waals surface area (Å²) in [5, 5.41) is 0. The van der Waals surface area contributed by atoms with Crippen LogP contribution in [0.15, 0.2) is 127 Å². The second-order valence-electron chi connectivity index (χ2n) is 22.0. The second kappa shape index (κ2) is 19.7. The lowest BCUT2D eigenvalue weighted by Crippen LogP contribution is -2.55. The van der Waals surface area contributed by atoms with E-state index in [1.807, 2.05) is 39.0 Å². The Morgan fingerprint density at radius 2 is 0.911 bits per heavy atom.